The average molecular weight is 665 g/mol. The molecule has 10 nitrogen and oxygen atoms in total. The summed E-state index contributed by atoms with van der Waals surface area (Å²) in [5.41, 5.74) is 5.85. The summed E-state index contributed by atoms with van der Waals surface area (Å²) < 4.78 is 3.95. The molecule has 1 amide bonds. The molecule has 2 aliphatic heterocycles. The molecule has 10 heteroatoms. The van der Waals surface area contributed by atoms with Crippen molar-refractivity contribution in [1.82, 2.24) is 29.3 Å². The molecule has 0 aliphatic carbocycles. The van der Waals surface area contributed by atoms with E-state index < -0.39 is 0 Å². The predicted octanol–water partition coefficient (Wildman–Crippen LogP) is 4.76. The van der Waals surface area contributed by atoms with Crippen molar-refractivity contribution >= 4 is 28.8 Å². The van der Waals surface area contributed by atoms with E-state index in [0.717, 1.165) is 78.3 Å². The summed E-state index contributed by atoms with van der Waals surface area (Å²) >= 11 is 0. The minimum atomic E-state index is -0.232. The summed E-state index contributed by atoms with van der Waals surface area (Å²) in [6.45, 7) is 4.11. The summed E-state index contributed by atoms with van der Waals surface area (Å²) in [6.07, 6.45) is 10.0. The van der Waals surface area contributed by atoms with Crippen molar-refractivity contribution in [2.45, 2.75) is 44.6 Å². The molecule has 8 rings (SSSR count). The van der Waals surface area contributed by atoms with Gasteiger partial charge in [0.1, 0.15) is 0 Å². The molecule has 4 aromatic carbocycles. The lowest BCUT2D eigenvalue weighted by Crippen LogP contribution is -2.39. The number of imidazole rings is 2. The summed E-state index contributed by atoms with van der Waals surface area (Å²) in [7, 11) is 0. The highest BCUT2D eigenvalue weighted by atomic mass is 16.2. The first-order valence-corrected chi connectivity index (χ1v) is 17.4. The van der Waals surface area contributed by atoms with Crippen LogP contribution in [0.5, 0.6) is 0 Å². The van der Waals surface area contributed by atoms with E-state index in [1.807, 2.05) is 76.0 Å². The normalized spacial score (nSPS) is 16.5. The van der Waals surface area contributed by atoms with E-state index in [1.54, 1.807) is 12.5 Å². The zero-order chi connectivity index (χ0) is 33.9. The van der Waals surface area contributed by atoms with Gasteiger partial charge in [0.25, 0.3) is 5.91 Å². The van der Waals surface area contributed by atoms with Gasteiger partial charge in [0, 0.05) is 73.8 Å². The fourth-order valence-corrected chi connectivity index (χ4v) is 7.20. The van der Waals surface area contributed by atoms with Crippen LogP contribution in [0.15, 0.2) is 126 Å². The Hall–Kier alpha value is -5.74. The lowest BCUT2D eigenvalue weighted by Gasteiger charge is -2.33. The van der Waals surface area contributed by atoms with Crippen LogP contribution in [-0.2, 0) is 13.1 Å². The first-order chi connectivity index (χ1) is 24.6. The molecule has 1 unspecified atom stereocenters. The number of para-hydroxylation sites is 2. The number of anilines is 1. The third-order valence-electron chi connectivity index (χ3n) is 9.82. The molecule has 50 heavy (non-hydrogen) atoms. The number of amides is 1. The van der Waals surface area contributed by atoms with Gasteiger partial charge in [-0.2, -0.15) is 0 Å². The fourth-order valence-electron chi connectivity index (χ4n) is 7.20. The quantitative estimate of drug-likeness (QED) is 0.206. The standard InChI is InChI=1S/C40H40N8O2/c49-39(42-19-6-21-46-24-20-41-28-46)31-13-16-35-32(25-31)27-47(38(43-35)30-7-2-1-3-8-30)33-14-11-29(12-15-33)26-45-22-17-34(18-23-45)48-37-10-5-4-9-36(37)44-40(48)50/h1-5,7-16,20,24-25,27-28,34,38H,6,17-19,21-23,26H2,(H,42,49)(H,44,50). The number of likely N-dealkylation sites (tertiary alicyclic amines) is 1. The minimum absolute atomic E-state index is 0.0186. The molecule has 2 N–H and O–H groups in total. The van der Waals surface area contributed by atoms with Crippen molar-refractivity contribution < 1.29 is 4.79 Å². The number of nitrogens with one attached hydrogen (secondary N) is 2. The highest BCUT2D eigenvalue weighted by Crippen LogP contribution is 2.31. The molecule has 0 radical (unpaired) electrons. The number of piperidine rings is 1. The zero-order valence-electron chi connectivity index (χ0n) is 27.9. The van der Waals surface area contributed by atoms with E-state index in [9.17, 15) is 9.59 Å². The van der Waals surface area contributed by atoms with Crippen LogP contribution in [0.25, 0.3) is 17.2 Å². The zero-order valence-corrected chi connectivity index (χ0v) is 27.9. The van der Waals surface area contributed by atoms with Crippen LogP contribution < -0.4 is 26.5 Å². The maximum absolute atomic E-state index is 13.1. The second-order valence-electron chi connectivity index (χ2n) is 13.1. The number of hydrogen-bond donors (Lipinski definition) is 2. The van der Waals surface area contributed by atoms with Crippen molar-refractivity contribution in [2.75, 3.05) is 24.5 Å². The predicted molar refractivity (Wildman–Crippen MR) is 195 cm³/mol. The van der Waals surface area contributed by atoms with Crippen molar-refractivity contribution in [2.24, 2.45) is 4.99 Å². The molecule has 2 aromatic heterocycles. The molecule has 252 valence electrons. The SMILES string of the molecule is O=C(NCCCn1ccnc1)c1ccc2c(c1)=CN(c1ccc(CN3CCC(n4c(=O)[nH]c5ccccc54)CC3)cc1)C(c1ccccc1)N=2. The van der Waals surface area contributed by atoms with Crippen LogP contribution in [0.2, 0.25) is 0 Å². The Morgan fingerprint density at radius 2 is 1.72 bits per heavy atom. The molecular weight excluding hydrogens is 624 g/mol. The Morgan fingerprint density at radius 3 is 2.52 bits per heavy atom. The molecule has 6 aromatic rings. The van der Waals surface area contributed by atoms with Gasteiger partial charge in [-0.3, -0.25) is 19.3 Å². The molecule has 0 saturated carbocycles. The molecular formula is C40H40N8O2. The van der Waals surface area contributed by atoms with E-state index in [0.29, 0.717) is 12.1 Å². The number of carbonyl (C=O) groups excluding carboxylic acids is 1. The van der Waals surface area contributed by atoms with Crippen molar-refractivity contribution in [3.8, 4) is 0 Å². The van der Waals surface area contributed by atoms with Gasteiger partial charge >= 0.3 is 5.69 Å². The maximum Gasteiger partial charge on any atom is 0.326 e. The first-order valence-electron chi connectivity index (χ1n) is 17.4. The summed E-state index contributed by atoms with van der Waals surface area (Å²) in [5, 5.41) is 4.82. The van der Waals surface area contributed by atoms with Crippen LogP contribution in [0.3, 0.4) is 0 Å². The van der Waals surface area contributed by atoms with Gasteiger partial charge in [-0.05, 0) is 72.9 Å². The highest BCUT2D eigenvalue weighted by Gasteiger charge is 2.25. The fraction of sp³-hybridized carbons (Fsp3) is 0.250. The Kier molecular flexibility index (Phi) is 8.83. The van der Waals surface area contributed by atoms with Gasteiger partial charge in [0.05, 0.1) is 22.7 Å². The third kappa shape index (κ3) is 6.62. The highest BCUT2D eigenvalue weighted by molar-refractivity contribution is 5.94. The number of carbonyl (C=O) groups is 1. The Bertz CT molecular complexity index is 2270. The van der Waals surface area contributed by atoms with Crippen molar-refractivity contribution in [1.29, 1.82) is 0 Å². The largest absolute Gasteiger partial charge is 0.352 e. The smallest absolute Gasteiger partial charge is 0.326 e. The number of benzene rings is 4. The average Bonchev–Trinajstić information content (AvgIpc) is 3.81. The lowest BCUT2D eigenvalue weighted by atomic mass is 10.0. The molecule has 0 bridgehead atoms. The van der Waals surface area contributed by atoms with Crippen LogP contribution in [0, 0.1) is 0 Å². The van der Waals surface area contributed by atoms with Crippen molar-refractivity contribution in [3.05, 3.63) is 154 Å². The van der Waals surface area contributed by atoms with E-state index in [4.69, 9.17) is 4.99 Å². The summed E-state index contributed by atoms with van der Waals surface area (Å²) in [4.78, 5) is 42.7. The molecule has 1 fully saturated rings. The first kappa shape index (κ1) is 31.5. The lowest BCUT2D eigenvalue weighted by molar-refractivity contribution is 0.0952. The Balaban J connectivity index is 0.966. The molecule has 0 spiro atoms. The number of fused-ring (bicyclic) bond motifs is 2. The van der Waals surface area contributed by atoms with Gasteiger partial charge in [0.2, 0.25) is 0 Å². The number of H-pyrrole nitrogens is 1. The Labute approximate surface area is 290 Å². The van der Waals surface area contributed by atoms with Crippen LogP contribution in [0.1, 0.15) is 53.0 Å². The number of aromatic amines is 1. The van der Waals surface area contributed by atoms with E-state index in [2.05, 4.69) is 67.7 Å². The van der Waals surface area contributed by atoms with Crippen LogP contribution in [0.4, 0.5) is 5.69 Å². The second kappa shape index (κ2) is 14.0. The summed E-state index contributed by atoms with van der Waals surface area (Å²) in [6, 6.07) is 32.9. The topological polar surface area (TPSA) is 104 Å². The minimum Gasteiger partial charge on any atom is -0.352 e. The number of aromatic nitrogens is 4. The number of aryl methyl sites for hydroxylation is 1. The number of nitrogens with zero attached hydrogens (tertiary/aromatic N) is 6. The molecule has 4 heterocycles. The third-order valence-corrected chi connectivity index (χ3v) is 9.82. The molecule has 2 aliphatic rings. The monoisotopic (exact) mass is 664 g/mol. The van der Waals surface area contributed by atoms with Crippen LogP contribution >= 0.6 is 0 Å². The second-order valence-corrected chi connectivity index (χ2v) is 13.1. The van der Waals surface area contributed by atoms with E-state index in [1.165, 1.54) is 5.56 Å². The Morgan fingerprint density at radius 1 is 0.920 bits per heavy atom. The van der Waals surface area contributed by atoms with Crippen LogP contribution in [-0.4, -0.2) is 49.5 Å². The molecule has 1 atom stereocenters. The van der Waals surface area contributed by atoms with Gasteiger partial charge in [0.15, 0.2) is 6.17 Å². The van der Waals surface area contributed by atoms with E-state index >= 15 is 0 Å². The number of rotatable bonds is 10. The van der Waals surface area contributed by atoms with Gasteiger partial charge in [-0.1, -0.05) is 54.6 Å². The molecule has 1 saturated heterocycles. The van der Waals surface area contributed by atoms with Crippen molar-refractivity contribution in [3.63, 3.8) is 0 Å². The van der Waals surface area contributed by atoms with Gasteiger partial charge in [-0.15, -0.1) is 0 Å². The van der Waals surface area contributed by atoms with E-state index in [-0.39, 0.29) is 23.8 Å². The van der Waals surface area contributed by atoms with Gasteiger partial charge in [-0.25, -0.2) is 9.78 Å². The maximum atomic E-state index is 13.1. The summed E-state index contributed by atoms with van der Waals surface area (Å²) in [5.74, 6) is -0.0922. The number of hydrogen-bond acceptors (Lipinski definition) is 6. The van der Waals surface area contributed by atoms with Gasteiger partial charge < -0.3 is 19.8 Å².